The summed E-state index contributed by atoms with van der Waals surface area (Å²) in [6, 6.07) is 10.9. The number of thiophene rings is 1. The van der Waals surface area contributed by atoms with E-state index < -0.39 is 10.8 Å². The molecule has 1 aromatic heterocycles. The maximum absolute atomic E-state index is 11.9. The summed E-state index contributed by atoms with van der Waals surface area (Å²) in [7, 11) is -0.921. The Morgan fingerprint density at radius 2 is 2.00 bits per heavy atom. The minimum atomic E-state index is -0.921. The number of benzene rings is 1. The van der Waals surface area contributed by atoms with E-state index in [9.17, 15) is 13.8 Å². The van der Waals surface area contributed by atoms with Crippen molar-refractivity contribution in [1.82, 2.24) is 0 Å². The fourth-order valence-electron chi connectivity index (χ4n) is 1.98. The first-order valence-electron chi connectivity index (χ1n) is 6.80. The SMILES string of the molecule is CS(=O)Cc1cccc(NC(=O)CCC(=O)c2cccs2)c1. The highest BCUT2D eigenvalue weighted by Crippen LogP contribution is 2.15. The highest BCUT2D eigenvalue weighted by Gasteiger charge is 2.10. The molecule has 6 heteroatoms. The highest BCUT2D eigenvalue weighted by molar-refractivity contribution is 7.83. The Kier molecular flexibility index (Phi) is 6.03. The zero-order chi connectivity index (χ0) is 15.9. The molecule has 0 saturated heterocycles. The molecule has 1 amide bonds. The average molecular weight is 335 g/mol. The number of hydrogen-bond acceptors (Lipinski definition) is 4. The van der Waals surface area contributed by atoms with E-state index in [1.165, 1.54) is 11.3 Å². The lowest BCUT2D eigenvalue weighted by molar-refractivity contribution is -0.116. The lowest BCUT2D eigenvalue weighted by Crippen LogP contribution is -2.13. The Balaban J connectivity index is 1.86. The Bertz CT molecular complexity index is 680. The van der Waals surface area contributed by atoms with Gasteiger partial charge in [-0.25, -0.2) is 0 Å². The van der Waals surface area contributed by atoms with Crippen LogP contribution in [0, 0.1) is 0 Å². The van der Waals surface area contributed by atoms with E-state index in [0.717, 1.165) is 5.56 Å². The number of carbonyl (C=O) groups is 2. The number of rotatable bonds is 7. The summed E-state index contributed by atoms with van der Waals surface area (Å²) in [6.45, 7) is 0. The van der Waals surface area contributed by atoms with Gasteiger partial charge in [0.1, 0.15) is 0 Å². The average Bonchev–Trinajstić information content (AvgIpc) is 2.98. The van der Waals surface area contributed by atoms with Crippen molar-refractivity contribution in [2.45, 2.75) is 18.6 Å². The summed E-state index contributed by atoms with van der Waals surface area (Å²) in [5.41, 5.74) is 1.57. The minimum Gasteiger partial charge on any atom is -0.326 e. The summed E-state index contributed by atoms with van der Waals surface area (Å²) in [6.07, 6.45) is 1.99. The Hall–Kier alpha value is -1.79. The topological polar surface area (TPSA) is 63.2 Å². The summed E-state index contributed by atoms with van der Waals surface area (Å²) < 4.78 is 11.2. The molecule has 0 saturated carbocycles. The third kappa shape index (κ3) is 5.20. The molecule has 1 atom stereocenters. The molecule has 1 aromatic carbocycles. The smallest absolute Gasteiger partial charge is 0.224 e. The Morgan fingerprint density at radius 1 is 1.18 bits per heavy atom. The number of Topliss-reactive ketones (excluding diaryl/α,β-unsaturated/α-hetero) is 1. The largest absolute Gasteiger partial charge is 0.326 e. The number of ketones is 1. The molecular formula is C16H17NO3S2. The van der Waals surface area contributed by atoms with Crippen LogP contribution in [0.1, 0.15) is 28.1 Å². The molecule has 2 rings (SSSR count). The van der Waals surface area contributed by atoms with Gasteiger partial charge in [0.05, 0.1) is 4.88 Å². The van der Waals surface area contributed by atoms with Gasteiger partial charge < -0.3 is 5.32 Å². The molecule has 0 bridgehead atoms. The van der Waals surface area contributed by atoms with Gasteiger partial charge in [0.2, 0.25) is 5.91 Å². The first kappa shape index (κ1) is 16.6. The number of carbonyl (C=O) groups excluding carboxylic acids is 2. The Morgan fingerprint density at radius 3 is 2.68 bits per heavy atom. The molecular weight excluding hydrogens is 318 g/mol. The molecule has 1 unspecified atom stereocenters. The van der Waals surface area contributed by atoms with Crippen molar-refractivity contribution in [3.8, 4) is 0 Å². The summed E-state index contributed by atoms with van der Waals surface area (Å²) in [5.74, 6) is 0.251. The van der Waals surface area contributed by atoms with Gasteiger partial charge in [0, 0.05) is 41.3 Å². The predicted octanol–water partition coefficient (Wildman–Crippen LogP) is 3.23. The summed E-state index contributed by atoms with van der Waals surface area (Å²) in [5, 5.41) is 4.61. The second-order valence-corrected chi connectivity index (χ2v) is 7.25. The van der Waals surface area contributed by atoms with Gasteiger partial charge >= 0.3 is 0 Å². The molecule has 22 heavy (non-hydrogen) atoms. The zero-order valence-corrected chi connectivity index (χ0v) is 13.8. The van der Waals surface area contributed by atoms with E-state index in [1.807, 2.05) is 23.6 Å². The van der Waals surface area contributed by atoms with E-state index in [4.69, 9.17) is 0 Å². The quantitative estimate of drug-likeness (QED) is 0.790. The summed E-state index contributed by atoms with van der Waals surface area (Å²) >= 11 is 1.38. The zero-order valence-electron chi connectivity index (χ0n) is 12.2. The van der Waals surface area contributed by atoms with Gasteiger partial charge in [-0.3, -0.25) is 13.8 Å². The van der Waals surface area contributed by atoms with E-state index in [1.54, 1.807) is 24.5 Å². The molecule has 1 N–H and O–H groups in total. The van der Waals surface area contributed by atoms with Crippen LogP contribution in [0.2, 0.25) is 0 Å². The molecule has 4 nitrogen and oxygen atoms in total. The standard InChI is InChI=1S/C16H17NO3S2/c1-22(20)11-12-4-2-5-13(10-12)17-16(19)8-7-14(18)15-6-3-9-21-15/h2-6,9-10H,7-8,11H2,1H3,(H,17,19). The predicted molar refractivity (Wildman–Crippen MR) is 90.7 cm³/mol. The van der Waals surface area contributed by atoms with Gasteiger partial charge in [-0.05, 0) is 29.1 Å². The molecule has 2 aromatic rings. The molecule has 0 radical (unpaired) electrons. The number of hydrogen-bond donors (Lipinski definition) is 1. The maximum Gasteiger partial charge on any atom is 0.224 e. The second-order valence-electron chi connectivity index (χ2n) is 4.87. The van der Waals surface area contributed by atoms with Crippen molar-refractivity contribution in [3.05, 3.63) is 52.2 Å². The van der Waals surface area contributed by atoms with Crippen molar-refractivity contribution in [1.29, 1.82) is 0 Å². The normalized spacial score (nSPS) is 11.9. The fraction of sp³-hybridized carbons (Fsp3) is 0.250. The van der Waals surface area contributed by atoms with E-state index in [2.05, 4.69) is 5.32 Å². The van der Waals surface area contributed by atoms with Crippen LogP contribution in [0.3, 0.4) is 0 Å². The Labute approximate surface area is 136 Å². The van der Waals surface area contributed by atoms with Crippen LogP contribution in [0.25, 0.3) is 0 Å². The van der Waals surface area contributed by atoms with Crippen LogP contribution in [0.4, 0.5) is 5.69 Å². The monoisotopic (exact) mass is 335 g/mol. The lowest BCUT2D eigenvalue weighted by Gasteiger charge is -2.06. The molecule has 0 spiro atoms. The maximum atomic E-state index is 11.9. The van der Waals surface area contributed by atoms with Gasteiger partial charge in [0.25, 0.3) is 0 Å². The highest BCUT2D eigenvalue weighted by atomic mass is 32.2. The molecule has 1 heterocycles. The first-order chi connectivity index (χ1) is 10.5. The van der Waals surface area contributed by atoms with E-state index >= 15 is 0 Å². The van der Waals surface area contributed by atoms with Crippen LogP contribution < -0.4 is 5.32 Å². The van der Waals surface area contributed by atoms with Crippen molar-refractivity contribution < 1.29 is 13.8 Å². The van der Waals surface area contributed by atoms with Crippen LogP contribution in [-0.4, -0.2) is 22.2 Å². The fourth-order valence-corrected chi connectivity index (χ4v) is 3.33. The summed E-state index contributed by atoms with van der Waals surface area (Å²) in [4.78, 5) is 24.4. The molecule has 0 aliphatic rings. The molecule has 0 aliphatic heterocycles. The number of nitrogens with one attached hydrogen (secondary N) is 1. The minimum absolute atomic E-state index is 0.0136. The van der Waals surface area contributed by atoms with Crippen LogP contribution in [0.5, 0.6) is 0 Å². The number of amides is 1. The van der Waals surface area contributed by atoms with Gasteiger partial charge in [-0.15, -0.1) is 11.3 Å². The van der Waals surface area contributed by atoms with Gasteiger partial charge in [-0.1, -0.05) is 18.2 Å². The van der Waals surface area contributed by atoms with Crippen molar-refractivity contribution in [2.75, 3.05) is 11.6 Å². The molecule has 0 aliphatic carbocycles. The van der Waals surface area contributed by atoms with Crippen molar-refractivity contribution >= 4 is 39.5 Å². The van der Waals surface area contributed by atoms with Gasteiger partial charge in [-0.2, -0.15) is 0 Å². The van der Waals surface area contributed by atoms with Gasteiger partial charge in [0.15, 0.2) is 5.78 Å². The molecule has 0 fully saturated rings. The lowest BCUT2D eigenvalue weighted by atomic mass is 10.1. The van der Waals surface area contributed by atoms with E-state index in [-0.39, 0.29) is 24.5 Å². The van der Waals surface area contributed by atoms with Crippen LogP contribution in [-0.2, 0) is 21.3 Å². The first-order valence-corrected chi connectivity index (χ1v) is 9.41. The van der Waals surface area contributed by atoms with Crippen molar-refractivity contribution in [3.63, 3.8) is 0 Å². The van der Waals surface area contributed by atoms with Crippen LogP contribution >= 0.6 is 11.3 Å². The van der Waals surface area contributed by atoms with E-state index in [0.29, 0.717) is 16.3 Å². The molecule has 116 valence electrons. The number of anilines is 1. The van der Waals surface area contributed by atoms with Crippen LogP contribution in [0.15, 0.2) is 41.8 Å². The third-order valence-corrected chi connectivity index (χ3v) is 4.61. The second kappa shape index (κ2) is 8.00. The van der Waals surface area contributed by atoms with Crippen molar-refractivity contribution in [2.24, 2.45) is 0 Å². The third-order valence-electron chi connectivity index (χ3n) is 2.96.